The van der Waals surface area contributed by atoms with E-state index >= 15 is 0 Å². The molecule has 0 saturated carbocycles. The van der Waals surface area contributed by atoms with Gasteiger partial charge in [-0.1, -0.05) is 212 Å². The van der Waals surface area contributed by atoms with Crippen LogP contribution in [0, 0.1) is 10.8 Å². The van der Waals surface area contributed by atoms with Crippen LogP contribution in [0.4, 0.5) is 16.2 Å². The molecule has 4 aromatic heterocycles. The minimum atomic E-state index is -0.873. The Hall–Kier alpha value is -12.0. The molecule has 3 amide bonds. The number of carbonyl (C=O) groups excluding carboxylic acids is 3. The van der Waals surface area contributed by atoms with Gasteiger partial charge in [-0.2, -0.15) is 10.2 Å². The Morgan fingerprint density at radius 1 is 0.453 bits per heavy atom. The second kappa shape index (κ2) is 28.9. The van der Waals surface area contributed by atoms with Crippen molar-refractivity contribution in [1.82, 2.24) is 39.7 Å². The average molecular weight is 1400 g/mol. The number of hydrogen-bond acceptors (Lipinski definition) is 11. The number of aromatic nitrogens is 6. The van der Waals surface area contributed by atoms with Gasteiger partial charge >= 0.3 is 6.09 Å². The lowest BCUT2D eigenvalue weighted by Gasteiger charge is -2.37. The molecule has 0 radical (unpaired) electrons. The van der Waals surface area contributed by atoms with E-state index in [4.69, 9.17) is 24.4 Å². The number of nitrogens with zero attached hydrogens (tertiary/aromatic N) is 9. The molecule has 2 atom stereocenters. The van der Waals surface area contributed by atoms with Gasteiger partial charge in [0.15, 0.2) is 0 Å². The van der Waals surface area contributed by atoms with Crippen LogP contribution >= 0.6 is 0 Å². The number of anilines is 2. The molecule has 2 spiro atoms. The van der Waals surface area contributed by atoms with Gasteiger partial charge in [-0.3, -0.25) is 9.59 Å². The average Bonchev–Trinajstić information content (AvgIpc) is 1.48. The monoisotopic (exact) mass is 1400 g/mol. The number of amides is 3. The van der Waals surface area contributed by atoms with Gasteiger partial charge in [-0.25, -0.2) is 24.1 Å². The molecule has 17 rings (SSSR count). The van der Waals surface area contributed by atoms with Crippen molar-refractivity contribution in [2.24, 2.45) is 10.8 Å². The van der Waals surface area contributed by atoms with Crippen LogP contribution in [0.2, 0.25) is 0 Å². The van der Waals surface area contributed by atoms with Crippen LogP contribution in [0.3, 0.4) is 0 Å². The first kappa shape index (κ1) is 68.4. The smallest absolute Gasteiger partial charge is 0.410 e. The molecule has 4 aliphatic heterocycles. The fraction of sp³-hybridized carbons (Fsp3) is 0.233. The van der Waals surface area contributed by atoms with Crippen molar-refractivity contribution < 1.29 is 28.6 Å². The van der Waals surface area contributed by atoms with Crippen molar-refractivity contribution >= 4 is 51.1 Å². The van der Waals surface area contributed by atoms with Crippen LogP contribution in [0.25, 0.3) is 44.3 Å². The van der Waals surface area contributed by atoms with E-state index in [-0.39, 0.29) is 42.1 Å². The highest BCUT2D eigenvalue weighted by Crippen LogP contribution is 2.50. The van der Waals surface area contributed by atoms with Crippen molar-refractivity contribution in [3.63, 3.8) is 0 Å². The maximum atomic E-state index is 14.5. The molecule has 8 heterocycles. The van der Waals surface area contributed by atoms with Crippen LogP contribution < -0.4 is 24.6 Å². The number of fused-ring (bicyclic) bond motifs is 2. The maximum Gasteiger partial charge on any atom is 0.410 e. The Labute approximate surface area is 617 Å². The lowest BCUT2D eigenvalue weighted by molar-refractivity contribution is -0.125. The highest BCUT2D eigenvalue weighted by atomic mass is 16.6. The minimum Gasteiger partial charge on any atom is -0.475 e. The molecule has 9 aromatic carbocycles. The maximum absolute atomic E-state index is 14.5. The first-order valence-corrected chi connectivity index (χ1v) is 36.8. The van der Waals surface area contributed by atoms with Gasteiger partial charge in [0.2, 0.25) is 23.6 Å². The number of hydrogen-bond donors (Lipinski definition) is 1. The summed E-state index contributed by atoms with van der Waals surface area (Å²) in [6.07, 6.45) is 6.06. The summed E-state index contributed by atoms with van der Waals surface area (Å²) in [4.78, 5) is 56.2. The SMILES string of the molecule is CC(C)Oc1cc(-c2nn(C(c3ccccc3)(c3ccccc3)c3ccccc3)c3ccc(N4CC[C@]5(CCN(C(=O)OCc6ccccc6)C5)C4=O)cc23)ccn1.CC(C)Oc1cc(-c2nn(C(c3ccccc3)(c3ccccc3)c3ccccc3)c3ccc(N4CC[C@]5(CCNC5)C4=O)cc23)ccn1. The molecule has 1 N–H and O–H groups in total. The largest absolute Gasteiger partial charge is 0.475 e. The molecular formula is C90H84N10O6. The molecule has 4 saturated heterocycles. The van der Waals surface area contributed by atoms with Crippen molar-refractivity contribution in [3.05, 3.63) is 324 Å². The third-order valence-electron chi connectivity index (χ3n) is 21.6. The van der Waals surface area contributed by atoms with Gasteiger partial charge < -0.3 is 34.2 Å². The van der Waals surface area contributed by atoms with Crippen LogP contribution in [0.1, 0.15) is 92.3 Å². The van der Waals surface area contributed by atoms with Gasteiger partial charge in [-0.05, 0) is 147 Å². The minimum absolute atomic E-state index is 0.0193. The van der Waals surface area contributed by atoms with Crippen LogP contribution in [-0.2, 0) is 32.0 Å². The Morgan fingerprint density at radius 3 is 1.22 bits per heavy atom. The van der Waals surface area contributed by atoms with Crippen molar-refractivity contribution in [2.45, 2.75) is 83.3 Å². The van der Waals surface area contributed by atoms with Gasteiger partial charge in [0.05, 0.1) is 34.1 Å². The normalized spacial score (nSPS) is 17.3. The first-order chi connectivity index (χ1) is 51.8. The summed E-state index contributed by atoms with van der Waals surface area (Å²) in [5.74, 6) is 1.30. The van der Waals surface area contributed by atoms with Crippen LogP contribution in [-0.4, -0.2) is 104 Å². The van der Waals surface area contributed by atoms with E-state index in [0.717, 1.165) is 121 Å². The first-order valence-electron chi connectivity index (χ1n) is 36.8. The summed E-state index contributed by atoms with van der Waals surface area (Å²) in [6, 6.07) is 93.4. The molecular weight excluding hydrogens is 1320 g/mol. The number of ether oxygens (including phenoxy) is 3. The zero-order valence-corrected chi connectivity index (χ0v) is 60.0. The Morgan fingerprint density at radius 2 is 0.830 bits per heavy atom. The molecule has 0 bridgehead atoms. The molecule has 0 aliphatic carbocycles. The summed E-state index contributed by atoms with van der Waals surface area (Å²) < 4.78 is 22.1. The molecule has 0 unspecified atom stereocenters. The van der Waals surface area contributed by atoms with Crippen LogP contribution in [0.15, 0.2) is 285 Å². The number of pyridine rings is 2. The molecule has 4 fully saturated rings. The quantitative estimate of drug-likeness (QED) is 0.0814. The van der Waals surface area contributed by atoms with E-state index in [1.165, 1.54) is 0 Å². The molecule has 106 heavy (non-hydrogen) atoms. The number of nitrogens with one attached hydrogen (secondary N) is 1. The molecule has 16 heteroatoms. The molecule has 530 valence electrons. The molecule has 4 aliphatic rings. The van der Waals surface area contributed by atoms with E-state index in [1.807, 2.05) is 116 Å². The third-order valence-corrected chi connectivity index (χ3v) is 21.6. The lowest BCUT2D eigenvalue weighted by atomic mass is 9.77. The summed E-state index contributed by atoms with van der Waals surface area (Å²) >= 11 is 0. The van der Waals surface area contributed by atoms with E-state index in [2.05, 4.69) is 219 Å². The summed E-state index contributed by atoms with van der Waals surface area (Å²) in [7, 11) is 0. The topological polar surface area (TPSA) is 162 Å². The fourth-order valence-corrected chi connectivity index (χ4v) is 16.5. The number of rotatable bonds is 18. The lowest BCUT2D eigenvalue weighted by Crippen LogP contribution is -2.39. The molecule has 13 aromatic rings. The van der Waals surface area contributed by atoms with E-state index < -0.39 is 16.5 Å². The zero-order valence-electron chi connectivity index (χ0n) is 60.0. The number of benzene rings is 9. The van der Waals surface area contributed by atoms with Gasteiger partial charge in [-0.15, -0.1) is 0 Å². The Balaban J connectivity index is 0.000000165. The summed E-state index contributed by atoms with van der Waals surface area (Å²) in [5, 5.41) is 16.4. The second-order valence-corrected chi connectivity index (χ2v) is 28.8. The standard InChI is InChI=1S/C49H45N5O4.C41H39N5O2/c1-35(2)58-44-31-37(25-28-50-44)45-42-32-41(53-30-27-48(46(53)55)26-29-52(34-48)47(56)57-33-36-15-7-3-8-16-36)23-24-43(42)54(51-45)49(38-17-9-4-10-18-38,39-19-11-5-12-20-39)40-21-13-6-14-22-40;1-29(2)48-37-26-30(20-23-43-37)38-35-27-34(45-25-22-40(39(45)47)21-24-42-28-40)18-19-36(35)46(44-38)41(31-12-6-3-7-13-31,32-14-8-4-9-15-32)33-16-10-5-11-17-33/h3-25,28,31-32,35H,26-27,29-30,33-34H2,1-2H3;3-20,23,26-27,29,42H,21-22,24-25,28H2,1-2H3/t48-;40-/m00/s1. The second-order valence-electron chi connectivity index (χ2n) is 28.8. The Bertz CT molecular complexity index is 5090. The van der Waals surface area contributed by atoms with E-state index in [1.54, 1.807) is 17.3 Å². The summed E-state index contributed by atoms with van der Waals surface area (Å²) in [5.41, 5.74) is 11.5. The zero-order chi connectivity index (χ0) is 72.4. The fourth-order valence-electron chi connectivity index (χ4n) is 16.5. The van der Waals surface area contributed by atoms with Gasteiger partial charge in [0, 0.05) is 90.5 Å². The van der Waals surface area contributed by atoms with Crippen molar-refractivity contribution in [2.75, 3.05) is 49.1 Å². The van der Waals surface area contributed by atoms with Crippen molar-refractivity contribution in [3.8, 4) is 34.3 Å². The Kier molecular flexibility index (Phi) is 18.7. The predicted octanol–water partition coefficient (Wildman–Crippen LogP) is 16.9. The third kappa shape index (κ3) is 12.5. The van der Waals surface area contributed by atoms with E-state index in [9.17, 15) is 14.4 Å². The van der Waals surface area contributed by atoms with E-state index in [0.29, 0.717) is 50.8 Å². The van der Waals surface area contributed by atoms with Crippen molar-refractivity contribution in [1.29, 1.82) is 0 Å². The highest BCUT2D eigenvalue weighted by molar-refractivity contribution is 6.05. The number of likely N-dealkylation sites (tertiary alicyclic amines) is 1. The predicted molar refractivity (Wildman–Crippen MR) is 416 cm³/mol. The number of carbonyl (C=O) groups is 3. The van der Waals surface area contributed by atoms with Crippen LogP contribution in [0.5, 0.6) is 11.8 Å². The van der Waals surface area contributed by atoms with Gasteiger partial charge in [0.1, 0.15) is 29.1 Å². The highest BCUT2D eigenvalue weighted by Gasteiger charge is 2.53. The molecule has 16 nitrogen and oxygen atoms in total. The summed E-state index contributed by atoms with van der Waals surface area (Å²) in [6.45, 7) is 11.9. The van der Waals surface area contributed by atoms with Gasteiger partial charge in [0.25, 0.3) is 0 Å².